The number of nitrogens with one attached hydrogen (secondary N) is 1. The van der Waals surface area contributed by atoms with Crippen molar-refractivity contribution in [3.8, 4) is 0 Å². The Kier molecular flexibility index (Phi) is 2.99. The SMILES string of the molecule is Cc1sc(C2CNC2)nc1C1CCCCC1. The van der Waals surface area contributed by atoms with E-state index in [0.29, 0.717) is 5.92 Å². The summed E-state index contributed by atoms with van der Waals surface area (Å²) in [6, 6.07) is 0. The van der Waals surface area contributed by atoms with Crippen LogP contribution in [0.3, 0.4) is 0 Å². The molecule has 1 aromatic rings. The Bertz CT molecular complexity index is 362. The second-order valence-electron chi connectivity index (χ2n) is 5.18. The quantitative estimate of drug-likeness (QED) is 0.853. The van der Waals surface area contributed by atoms with Gasteiger partial charge in [0.05, 0.1) is 10.7 Å². The maximum Gasteiger partial charge on any atom is 0.0987 e. The van der Waals surface area contributed by atoms with Crippen LogP contribution < -0.4 is 5.32 Å². The lowest BCUT2D eigenvalue weighted by molar-refractivity contribution is 0.427. The van der Waals surface area contributed by atoms with Crippen LogP contribution in [0.2, 0.25) is 0 Å². The summed E-state index contributed by atoms with van der Waals surface area (Å²) in [4.78, 5) is 6.41. The second-order valence-corrected chi connectivity index (χ2v) is 6.42. The van der Waals surface area contributed by atoms with E-state index >= 15 is 0 Å². The van der Waals surface area contributed by atoms with Gasteiger partial charge in [-0.25, -0.2) is 4.98 Å². The van der Waals surface area contributed by atoms with Crippen molar-refractivity contribution in [2.75, 3.05) is 13.1 Å². The summed E-state index contributed by atoms with van der Waals surface area (Å²) in [6.07, 6.45) is 6.98. The Morgan fingerprint density at radius 3 is 2.50 bits per heavy atom. The molecule has 1 aliphatic carbocycles. The summed E-state index contributed by atoms with van der Waals surface area (Å²) in [5.41, 5.74) is 1.44. The molecule has 88 valence electrons. The van der Waals surface area contributed by atoms with Gasteiger partial charge in [-0.2, -0.15) is 0 Å². The molecule has 0 unspecified atom stereocenters. The van der Waals surface area contributed by atoms with Gasteiger partial charge in [-0.15, -0.1) is 11.3 Å². The molecule has 2 fully saturated rings. The largest absolute Gasteiger partial charge is 0.315 e. The maximum absolute atomic E-state index is 4.93. The Labute approximate surface area is 101 Å². The Hall–Kier alpha value is -0.410. The number of rotatable bonds is 2. The van der Waals surface area contributed by atoms with E-state index in [-0.39, 0.29) is 0 Å². The van der Waals surface area contributed by atoms with E-state index in [4.69, 9.17) is 4.98 Å². The van der Waals surface area contributed by atoms with Crippen LogP contribution in [0.25, 0.3) is 0 Å². The van der Waals surface area contributed by atoms with Crippen molar-refractivity contribution in [2.24, 2.45) is 0 Å². The van der Waals surface area contributed by atoms with Crippen molar-refractivity contribution in [3.63, 3.8) is 0 Å². The highest BCUT2D eigenvalue weighted by Crippen LogP contribution is 2.37. The minimum atomic E-state index is 0.709. The van der Waals surface area contributed by atoms with Gasteiger partial charge in [0.2, 0.25) is 0 Å². The zero-order valence-corrected chi connectivity index (χ0v) is 10.8. The molecule has 1 saturated heterocycles. The lowest BCUT2D eigenvalue weighted by atomic mass is 9.86. The van der Waals surface area contributed by atoms with E-state index in [1.165, 1.54) is 47.7 Å². The molecule has 1 aliphatic heterocycles. The van der Waals surface area contributed by atoms with Crippen LogP contribution in [0, 0.1) is 6.92 Å². The van der Waals surface area contributed by atoms with Crippen molar-refractivity contribution in [2.45, 2.75) is 50.9 Å². The van der Waals surface area contributed by atoms with Gasteiger partial charge in [0.25, 0.3) is 0 Å². The topological polar surface area (TPSA) is 24.9 Å². The summed E-state index contributed by atoms with van der Waals surface area (Å²) in [7, 11) is 0. The standard InChI is InChI=1S/C13H20N2S/c1-9-12(10-5-3-2-4-6-10)15-13(16-9)11-7-14-8-11/h10-11,14H,2-8H2,1H3. The number of hydrogen-bond acceptors (Lipinski definition) is 3. The molecule has 3 heteroatoms. The van der Waals surface area contributed by atoms with Crippen LogP contribution in [0.1, 0.15) is 59.5 Å². The summed E-state index contributed by atoms with van der Waals surface area (Å²) >= 11 is 1.94. The van der Waals surface area contributed by atoms with E-state index in [2.05, 4.69) is 12.2 Å². The molecule has 2 nitrogen and oxygen atoms in total. The first-order chi connectivity index (χ1) is 7.84. The second kappa shape index (κ2) is 4.46. The van der Waals surface area contributed by atoms with Crippen LogP contribution >= 0.6 is 11.3 Å². The van der Waals surface area contributed by atoms with Crippen LogP contribution in [0.15, 0.2) is 0 Å². The van der Waals surface area contributed by atoms with Gasteiger partial charge in [0.15, 0.2) is 0 Å². The molecular formula is C13H20N2S. The summed E-state index contributed by atoms with van der Waals surface area (Å²) in [6.45, 7) is 4.53. The predicted octanol–water partition coefficient (Wildman–Crippen LogP) is 3.19. The molecule has 1 aromatic heterocycles. The minimum absolute atomic E-state index is 0.709. The van der Waals surface area contributed by atoms with Gasteiger partial charge >= 0.3 is 0 Å². The summed E-state index contributed by atoms with van der Waals surface area (Å²) in [5, 5.41) is 4.72. The van der Waals surface area contributed by atoms with Crippen molar-refractivity contribution < 1.29 is 0 Å². The van der Waals surface area contributed by atoms with E-state index in [9.17, 15) is 0 Å². The first-order valence-electron chi connectivity index (χ1n) is 6.52. The fourth-order valence-corrected chi connectivity index (χ4v) is 3.93. The van der Waals surface area contributed by atoms with E-state index in [1.807, 2.05) is 11.3 Å². The maximum atomic E-state index is 4.93. The molecule has 0 spiro atoms. The third kappa shape index (κ3) is 1.91. The fraction of sp³-hybridized carbons (Fsp3) is 0.769. The van der Waals surface area contributed by atoms with Gasteiger partial charge in [-0.05, 0) is 19.8 Å². The Morgan fingerprint density at radius 1 is 1.12 bits per heavy atom. The third-order valence-corrected chi connectivity index (χ3v) is 5.12. The first kappa shape index (κ1) is 10.7. The lowest BCUT2D eigenvalue weighted by Crippen LogP contribution is -2.39. The first-order valence-corrected chi connectivity index (χ1v) is 7.34. The van der Waals surface area contributed by atoms with E-state index in [0.717, 1.165) is 19.0 Å². The van der Waals surface area contributed by atoms with Crippen LogP contribution in [0.5, 0.6) is 0 Å². The van der Waals surface area contributed by atoms with Crippen molar-refractivity contribution in [1.82, 2.24) is 10.3 Å². The predicted molar refractivity (Wildman–Crippen MR) is 68.3 cm³/mol. The Morgan fingerprint density at radius 2 is 1.88 bits per heavy atom. The van der Waals surface area contributed by atoms with Crippen LogP contribution in [-0.2, 0) is 0 Å². The fourth-order valence-electron chi connectivity index (χ4n) is 2.82. The van der Waals surface area contributed by atoms with E-state index < -0.39 is 0 Å². The van der Waals surface area contributed by atoms with Crippen molar-refractivity contribution in [1.29, 1.82) is 0 Å². The molecule has 0 atom stereocenters. The number of hydrogen-bond donors (Lipinski definition) is 1. The molecule has 2 heterocycles. The zero-order valence-electron chi connectivity index (χ0n) is 9.96. The number of aromatic nitrogens is 1. The van der Waals surface area contributed by atoms with Gasteiger partial charge in [-0.1, -0.05) is 19.3 Å². The zero-order chi connectivity index (χ0) is 11.0. The van der Waals surface area contributed by atoms with Crippen LogP contribution in [0.4, 0.5) is 0 Å². The molecule has 0 aromatic carbocycles. The van der Waals surface area contributed by atoms with Crippen LogP contribution in [-0.4, -0.2) is 18.1 Å². The third-order valence-electron chi connectivity index (χ3n) is 3.97. The van der Waals surface area contributed by atoms with Gasteiger partial charge < -0.3 is 5.32 Å². The molecular weight excluding hydrogens is 216 g/mol. The monoisotopic (exact) mass is 236 g/mol. The summed E-state index contributed by atoms with van der Waals surface area (Å²) in [5.74, 6) is 1.48. The van der Waals surface area contributed by atoms with E-state index in [1.54, 1.807) is 0 Å². The van der Waals surface area contributed by atoms with Gasteiger partial charge in [-0.3, -0.25) is 0 Å². The van der Waals surface area contributed by atoms with Crippen molar-refractivity contribution >= 4 is 11.3 Å². The molecule has 0 amide bonds. The molecule has 1 N–H and O–H groups in total. The highest BCUT2D eigenvalue weighted by molar-refractivity contribution is 7.11. The molecule has 0 bridgehead atoms. The average Bonchev–Trinajstić information content (AvgIpc) is 2.59. The molecule has 1 saturated carbocycles. The molecule has 3 rings (SSSR count). The van der Waals surface area contributed by atoms with Gasteiger partial charge in [0.1, 0.15) is 0 Å². The number of nitrogens with zero attached hydrogens (tertiary/aromatic N) is 1. The Balaban J connectivity index is 1.79. The molecule has 0 radical (unpaired) electrons. The highest BCUT2D eigenvalue weighted by atomic mass is 32.1. The molecule has 2 aliphatic rings. The number of thiazole rings is 1. The highest BCUT2D eigenvalue weighted by Gasteiger charge is 2.26. The normalized spacial score (nSPS) is 23.3. The summed E-state index contributed by atoms with van der Waals surface area (Å²) < 4.78 is 0. The number of aryl methyl sites for hydroxylation is 1. The lowest BCUT2D eigenvalue weighted by Gasteiger charge is -2.25. The average molecular weight is 236 g/mol. The molecule has 16 heavy (non-hydrogen) atoms. The van der Waals surface area contributed by atoms with Gasteiger partial charge in [0, 0.05) is 29.8 Å². The smallest absolute Gasteiger partial charge is 0.0987 e. The van der Waals surface area contributed by atoms with Crippen molar-refractivity contribution in [3.05, 3.63) is 15.6 Å². The minimum Gasteiger partial charge on any atom is -0.315 e.